The third-order valence-electron chi connectivity index (χ3n) is 14.2. The van der Waals surface area contributed by atoms with Crippen molar-refractivity contribution in [2.45, 2.75) is 119 Å². The molecule has 5 aliphatic rings. The van der Waals surface area contributed by atoms with Gasteiger partial charge >= 0.3 is 5.97 Å². The first-order valence-corrected chi connectivity index (χ1v) is 16.3. The molecule has 0 radical (unpaired) electrons. The van der Waals surface area contributed by atoms with Crippen molar-refractivity contribution in [2.24, 2.45) is 50.2 Å². The zero-order chi connectivity index (χ0) is 29.6. The molecule has 0 aromatic heterocycles. The minimum absolute atomic E-state index is 0.0532. The van der Waals surface area contributed by atoms with Crippen LogP contribution >= 0.6 is 0 Å². The van der Waals surface area contributed by atoms with Gasteiger partial charge in [0.2, 0.25) is 0 Å². The summed E-state index contributed by atoms with van der Waals surface area (Å²) in [5, 5.41) is 11.0. The molecule has 8 unspecified atom stereocenters. The number of aliphatic hydroxyl groups is 1. The molecule has 5 aliphatic carbocycles. The molecule has 224 valence electrons. The summed E-state index contributed by atoms with van der Waals surface area (Å²) < 4.78 is 6.14. The quantitative estimate of drug-likeness (QED) is 0.174. The summed E-state index contributed by atoms with van der Waals surface area (Å²) in [5.74, 6) is 1.77. The number of rotatable bonds is 3. The highest BCUT2D eigenvalue weighted by Crippen LogP contribution is 2.75. The van der Waals surface area contributed by atoms with E-state index in [1.54, 1.807) is 29.8 Å². The van der Waals surface area contributed by atoms with Crippen LogP contribution in [0.3, 0.4) is 0 Å². The monoisotopic (exact) mass is 560 g/mol. The molecule has 4 nitrogen and oxygen atoms in total. The lowest BCUT2D eigenvalue weighted by atomic mass is 9.33. The second-order valence-electron chi connectivity index (χ2n) is 16.8. The van der Waals surface area contributed by atoms with E-state index in [4.69, 9.17) is 4.74 Å². The molecule has 0 amide bonds. The van der Waals surface area contributed by atoms with Crippen molar-refractivity contribution in [3.05, 3.63) is 41.5 Å². The molecule has 6 rings (SSSR count). The van der Waals surface area contributed by atoms with E-state index in [1.807, 2.05) is 0 Å². The number of hydrogen-bond donors (Lipinski definition) is 1. The van der Waals surface area contributed by atoms with Crippen molar-refractivity contribution in [3.63, 3.8) is 0 Å². The van der Waals surface area contributed by atoms with Gasteiger partial charge in [0.15, 0.2) is 0 Å². The van der Waals surface area contributed by atoms with Gasteiger partial charge < -0.3 is 9.84 Å². The van der Waals surface area contributed by atoms with Crippen LogP contribution in [0.25, 0.3) is 0 Å². The average molecular weight is 561 g/mol. The van der Waals surface area contributed by atoms with E-state index in [-0.39, 0.29) is 45.1 Å². The van der Waals surface area contributed by atoms with Crippen molar-refractivity contribution in [3.8, 4) is 5.75 Å². The maximum atomic E-state index is 14.2. The van der Waals surface area contributed by atoms with Crippen LogP contribution in [-0.2, 0) is 4.79 Å². The Morgan fingerprint density at radius 2 is 1.56 bits per heavy atom. The summed E-state index contributed by atoms with van der Waals surface area (Å²) in [6.07, 6.45) is 13.5. The number of allylic oxidation sites excluding steroid dienone is 2. The fraction of sp³-hybridized carbons (Fsp3) is 0.730. The number of aliphatic hydroxyl groups excluding tert-OH is 1. The molecule has 0 heterocycles. The van der Waals surface area contributed by atoms with Gasteiger partial charge in [-0.1, -0.05) is 60.1 Å². The SMILES string of the molecule is CC1(C)CCC2(C(=O)Oc3ccc(C=O)cc3)CCC3(C)C(=CCC4C5(C)CCC(O)C(C)(C)C5CCC43C)C2C1. The van der Waals surface area contributed by atoms with Gasteiger partial charge in [-0.2, -0.15) is 0 Å². The van der Waals surface area contributed by atoms with Crippen molar-refractivity contribution < 1.29 is 19.4 Å². The van der Waals surface area contributed by atoms with E-state index in [9.17, 15) is 14.7 Å². The largest absolute Gasteiger partial charge is 0.426 e. The second-order valence-corrected chi connectivity index (χ2v) is 16.8. The molecule has 0 aliphatic heterocycles. The fourth-order valence-electron chi connectivity index (χ4n) is 11.4. The van der Waals surface area contributed by atoms with Gasteiger partial charge in [0, 0.05) is 5.56 Å². The molecule has 1 aromatic rings. The first-order chi connectivity index (χ1) is 19.1. The minimum atomic E-state index is -0.495. The predicted molar refractivity (Wildman–Crippen MR) is 163 cm³/mol. The zero-order valence-corrected chi connectivity index (χ0v) is 26.5. The summed E-state index contributed by atoms with van der Waals surface area (Å²) in [7, 11) is 0. The predicted octanol–water partition coefficient (Wildman–Crippen LogP) is 8.57. The Bertz CT molecular complexity index is 1260. The standard InChI is InChI=1S/C37H52O4/c1-32(2)18-20-37(31(40)41-25-10-8-24(23-38)9-11-25)21-19-35(6)26(27(37)22-32)12-13-29-34(5)16-15-30(39)33(3,4)28(34)14-17-36(29,35)7/h8-12,23,27-30,39H,13-22H2,1-7H3. The highest BCUT2D eigenvalue weighted by atomic mass is 16.5. The number of benzene rings is 1. The lowest BCUT2D eigenvalue weighted by Gasteiger charge is -2.71. The maximum absolute atomic E-state index is 14.2. The molecular weight excluding hydrogens is 508 g/mol. The Labute approximate surface area is 247 Å². The number of carbonyl (C=O) groups is 2. The summed E-state index contributed by atoms with van der Waals surface area (Å²) in [4.78, 5) is 25.4. The average Bonchev–Trinajstić information content (AvgIpc) is 2.91. The van der Waals surface area contributed by atoms with Crippen LogP contribution in [0, 0.1) is 50.2 Å². The molecule has 4 saturated carbocycles. The van der Waals surface area contributed by atoms with Crippen molar-refractivity contribution in [1.82, 2.24) is 0 Å². The number of fused-ring (bicyclic) bond motifs is 7. The number of carbonyl (C=O) groups excluding carboxylic acids is 2. The molecule has 4 heteroatoms. The molecule has 0 bridgehead atoms. The Morgan fingerprint density at radius 1 is 0.878 bits per heavy atom. The highest BCUT2D eigenvalue weighted by molar-refractivity contribution is 5.81. The normalized spacial score (nSPS) is 44.2. The first-order valence-electron chi connectivity index (χ1n) is 16.3. The molecule has 1 N–H and O–H groups in total. The summed E-state index contributed by atoms with van der Waals surface area (Å²) in [6.45, 7) is 17.1. The molecule has 1 aromatic carbocycles. The molecule has 4 fully saturated rings. The lowest BCUT2D eigenvalue weighted by Crippen LogP contribution is -2.65. The lowest BCUT2D eigenvalue weighted by molar-refractivity contribution is -0.205. The van der Waals surface area contributed by atoms with E-state index >= 15 is 0 Å². The Morgan fingerprint density at radius 3 is 2.24 bits per heavy atom. The second kappa shape index (κ2) is 9.28. The maximum Gasteiger partial charge on any atom is 0.318 e. The Kier molecular flexibility index (Phi) is 6.60. The number of aldehydes is 1. The van der Waals surface area contributed by atoms with Gasteiger partial charge in [0.05, 0.1) is 11.5 Å². The number of esters is 1. The van der Waals surface area contributed by atoms with Gasteiger partial charge in [-0.05, 0) is 133 Å². The zero-order valence-electron chi connectivity index (χ0n) is 26.5. The van der Waals surface area contributed by atoms with Crippen LogP contribution < -0.4 is 4.74 Å². The van der Waals surface area contributed by atoms with E-state index in [1.165, 1.54) is 12.8 Å². The van der Waals surface area contributed by atoms with Gasteiger partial charge in [-0.3, -0.25) is 9.59 Å². The van der Waals surface area contributed by atoms with Crippen molar-refractivity contribution in [1.29, 1.82) is 0 Å². The molecule has 41 heavy (non-hydrogen) atoms. The first kappa shape index (κ1) is 29.1. The smallest absolute Gasteiger partial charge is 0.318 e. The topological polar surface area (TPSA) is 63.6 Å². The molecular formula is C37H52O4. The third kappa shape index (κ3) is 4.01. The number of hydrogen-bond acceptors (Lipinski definition) is 4. The fourth-order valence-corrected chi connectivity index (χ4v) is 11.4. The van der Waals surface area contributed by atoms with Crippen molar-refractivity contribution in [2.75, 3.05) is 0 Å². The highest BCUT2D eigenvalue weighted by Gasteiger charge is 2.69. The van der Waals surface area contributed by atoms with Crippen LogP contribution in [0.1, 0.15) is 123 Å². The minimum Gasteiger partial charge on any atom is -0.426 e. The third-order valence-corrected chi connectivity index (χ3v) is 14.2. The van der Waals surface area contributed by atoms with Gasteiger partial charge in [0.25, 0.3) is 0 Å². The van der Waals surface area contributed by atoms with Crippen LogP contribution in [0.5, 0.6) is 5.75 Å². The molecule has 8 atom stereocenters. The van der Waals surface area contributed by atoms with Crippen LogP contribution in [0.4, 0.5) is 0 Å². The van der Waals surface area contributed by atoms with Crippen molar-refractivity contribution >= 4 is 12.3 Å². The van der Waals surface area contributed by atoms with E-state index in [2.05, 4.69) is 54.5 Å². The van der Waals surface area contributed by atoms with E-state index in [0.717, 1.165) is 57.7 Å². The Hall–Kier alpha value is -1.94. The van der Waals surface area contributed by atoms with Gasteiger partial charge in [-0.25, -0.2) is 0 Å². The summed E-state index contributed by atoms with van der Waals surface area (Å²) >= 11 is 0. The summed E-state index contributed by atoms with van der Waals surface area (Å²) in [5.41, 5.74) is 2.20. The Balaban J connectivity index is 1.38. The van der Waals surface area contributed by atoms with E-state index < -0.39 is 5.41 Å². The van der Waals surface area contributed by atoms with Crippen LogP contribution in [0.2, 0.25) is 0 Å². The number of ether oxygens (including phenoxy) is 1. The summed E-state index contributed by atoms with van der Waals surface area (Å²) in [6, 6.07) is 6.94. The van der Waals surface area contributed by atoms with Crippen LogP contribution in [0.15, 0.2) is 35.9 Å². The molecule has 0 saturated heterocycles. The van der Waals surface area contributed by atoms with E-state index in [0.29, 0.717) is 23.1 Å². The molecule has 0 spiro atoms. The van der Waals surface area contributed by atoms with Crippen LogP contribution in [-0.4, -0.2) is 23.5 Å². The van der Waals surface area contributed by atoms with Gasteiger partial charge in [0.1, 0.15) is 12.0 Å². The van der Waals surface area contributed by atoms with Gasteiger partial charge in [-0.15, -0.1) is 0 Å².